The number of alkyl halides is 3. The monoisotopic (exact) mass is 440 g/mol. The quantitative estimate of drug-likeness (QED) is 0.646. The van der Waals surface area contributed by atoms with E-state index in [9.17, 15) is 22.8 Å². The normalized spacial score (nSPS) is 22.1. The zero-order valence-electron chi connectivity index (χ0n) is 17.6. The molecule has 3 aliphatic rings. The van der Waals surface area contributed by atoms with Crippen molar-refractivity contribution in [3.63, 3.8) is 0 Å². The minimum absolute atomic E-state index is 0.124. The lowest BCUT2D eigenvalue weighted by Gasteiger charge is -2.26. The number of nitrogens with zero attached hydrogens (tertiary/aromatic N) is 1. The summed E-state index contributed by atoms with van der Waals surface area (Å²) in [6.07, 6.45) is 1.25. The molecule has 2 bridgehead atoms. The highest BCUT2D eigenvalue weighted by molar-refractivity contribution is 6.30. The summed E-state index contributed by atoms with van der Waals surface area (Å²) in [4.78, 5) is 27.8. The number of aryl methyl sites for hydroxylation is 1. The number of carbonyl (C=O) groups excluding carboxylic acids is 2. The van der Waals surface area contributed by atoms with Gasteiger partial charge in [-0.2, -0.15) is 13.2 Å². The molecule has 1 amide bonds. The third-order valence-electron chi connectivity index (χ3n) is 6.91. The van der Waals surface area contributed by atoms with Crippen LogP contribution in [0.2, 0.25) is 0 Å². The van der Waals surface area contributed by atoms with Crippen LogP contribution in [0.5, 0.6) is 0 Å². The lowest BCUT2D eigenvalue weighted by Crippen LogP contribution is -2.29. The molecule has 4 nitrogen and oxygen atoms in total. The summed E-state index contributed by atoms with van der Waals surface area (Å²) in [7, 11) is 0. The van der Waals surface area contributed by atoms with Gasteiger partial charge in [-0.15, -0.1) is 0 Å². The number of amides is 1. The van der Waals surface area contributed by atoms with Crippen molar-refractivity contribution in [2.75, 3.05) is 10.2 Å². The zero-order valence-corrected chi connectivity index (χ0v) is 17.6. The largest absolute Gasteiger partial charge is 0.418 e. The van der Waals surface area contributed by atoms with E-state index in [1.165, 1.54) is 12.1 Å². The van der Waals surface area contributed by atoms with E-state index in [2.05, 4.69) is 10.2 Å². The van der Waals surface area contributed by atoms with Crippen LogP contribution in [0.1, 0.15) is 52.7 Å². The molecule has 2 heterocycles. The number of ketones is 1. The smallest absolute Gasteiger partial charge is 0.366 e. The Morgan fingerprint density at radius 2 is 1.75 bits per heavy atom. The molecule has 7 heteroatoms. The van der Waals surface area contributed by atoms with Crippen LogP contribution in [0.15, 0.2) is 48.0 Å². The fraction of sp³-hybridized carbons (Fsp3) is 0.360. The molecule has 2 fully saturated rings. The van der Waals surface area contributed by atoms with Crippen LogP contribution in [0.25, 0.3) is 0 Å². The van der Waals surface area contributed by atoms with Gasteiger partial charge < -0.3 is 10.2 Å². The number of fused-ring (bicyclic) bond motifs is 3. The van der Waals surface area contributed by atoms with Gasteiger partial charge in [-0.1, -0.05) is 24.3 Å². The Kier molecular flexibility index (Phi) is 4.87. The second-order valence-electron chi connectivity index (χ2n) is 8.81. The number of carbonyl (C=O) groups is 2. The number of allylic oxidation sites excluding steroid dienone is 1. The summed E-state index contributed by atoms with van der Waals surface area (Å²) >= 11 is 0. The SMILES string of the molecule is Cc1cccc2c1C(=O)C(C(=O)Nc1ccc(N3C4CCC3CC4)cc1C(F)(F)F)=CC2. The van der Waals surface area contributed by atoms with Crippen molar-refractivity contribution in [2.24, 2.45) is 0 Å². The summed E-state index contributed by atoms with van der Waals surface area (Å²) in [5, 5.41) is 2.36. The molecule has 0 aromatic heterocycles. The number of hydrogen-bond donors (Lipinski definition) is 1. The summed E-state index contributed by atoms with van der Waals surface area (Å²) < 4.78 is 41.7. The van der Waals surface area contributed by atoms with Crippen molar-refractivity contribution in [1.29, 1.82) is 0 Å². The second-order valence-corrected chi connectivity index (χ2v) is 8.81. The van der Waals surface area contributed by atoms with Crippen molar-refractivity contribution >= 4 is 23.1 Å². The molecule has 32 heavy (non-hydrogen) atoms. The van der Waals surface area contributed by atoms with Crippen LogP contribution in [0, 0.1) is 6.92 Å². The molecule has 0 spiro atoms. The maximum atomic E-state index is 13.9. The highest BCUT2D eigenvalue weighted by atomic mass is 19.4. The molecule has 2 aromatic rings. The third-order valence-corrected chi connectivity index (χ3v) is 6.91. The van der Waals surface area contributed by atoms with Crippen LogP contribution in [-0.2, 0) is 17.4 Å². The van der Waals surface area contributed by atoms with Gasteiger partial charge in [-0.25, -0.2) is 0 Å². The molecule has 166 valence electrons. The van der Waals surface area contributed by atoms with Gasteiger partial charge in [-0.05, 0) is 68.4 Å². The van der Waals surface area contributed by atoms with Gasteiger partial charge in [-0.3, -0.25) is 9.59 Å². The molecule has 1 N–H and O–H groups in total. The summed E-state index contributed by atoms with van der Waals surface area (Å²) in [6, 6.07) is 10.1. The summed E-state index contributed by atoms with van der Waals surface area (Å²) in [5.41, 5.74) is 1.20. The molecule has 0 atom stereocenters. The van der Waals surface area contributed by atoms with Gasteiger partial charge >= 0.3 is 6.18 Å². The van der Waals surface area contributed by atoms with E-state index in [1.807, 2.05) is 12.1 Å². The van der Waals surface area contributed by atoms with Crippen LogP contribution >= 0.6 is 0 Å². The van der Waals surface area contributed by atoms with Crippen LogP contribution in [0.4, 0.5) is 24.5 Å². The Balaban J connectivity index is 1.44. The van der Waals surface area contributed by atoms with E-state index in [1.54, 1.807) is 19.1 Å². The summed E-state index contributed by atoms with van der Waals surface area (Å²) in [6.45, 7) is 1.78. The first-order valence-electron chi connectivity index (χ1n) is 10.9. The summed E-state index contributed by atoms with van der Waals surface area (Å²) in [5.74, 6) is -1.27. The van der Waals surface area contributed by atoms with E-state index < -0.39 is 23.4 Å². The molecular weight excluding hydrogens is 417 g/mol. The molecule has 5 rings (SSSR count). The van der Waals surface area contributed by atoms with Crippen LogP contribution < -0.4 is 10.2 Å². The Hall–Kier alpha value is -3.09. The zero-order chi connectivity index (χ0) is 22.6. The number of halogens is 3. The number of anilines is 2. The maximum Gasteiger partial charge on any atom is 0.418 e. The van der Waals surface area contributed by atoms with Crippen molar-refractivity contribution in [3.8, 4) is 0 Å². The molecule has 0 unspecified atom stereocenters. The topological polar surface area (TPSA) is 49.4 Å². The van der Waals surface area contributed by atoms with Gasteiger partial charge in [0.1, 0.15) is 0 Å². The minimum atomic E-state index is -4.63. The molecule has 0 radical (unpaired) electrons. The van der Waals surface area contributed by atoms with Crippen LogP contribution in [0.3, 0.4) is 0 Å². The lowest BCUT2D eigenvalue weighted by molar-refractivity contribution is -0.136. The Morgan fingerprint density at radius 1 is 1.06 bits per heavy atom. The first-order chi connectivity index (χ1) is 15.2. The molecule has 2 saturated heterocycles. The number of nitrogens with one attached hydrogen (secondary N) is 1. The van der Waals surface area contributed by atoms with E-state index in [4.69, 9.17) is 0 Å². The first-order valence-corrected chi connectivity index (χ1v) is 10.9. The number of benzene rings is 2. The Bertz CT molecular complexity index is 1130. The predicted octanol–water partition coefficient (Wildman–Crippen LogP) is 5.45. The van der Waals surface area contributed by atoms with E-state index in [-0.39, 0.29) is 23.3 Å². The third kappa shape index (κ3) is 3.40. The van der Waals surface area contributed by atoms with Crippen molar-refractivity contribution < 1.29 is 22.8 Å². The first kappa shape index (κ1) is 20.8. The van der Waals surface area contributed by atoms with Crippen molar-refractivity contribution in [1.82, 2.24) is 0 Å². The highest BCUT2D eigenvalue weighted by Crippen LogP contribution is 2.44. The number of Topliss-reactive ketones (excluding diaryl/α,β-unsaturated/α-hetero) is 1. The van der Waals surface area contributed by atoms with Gasteiger partial charge in [0.2, 0.25) is 0 Å². The molecule has 1 aliphatic carbocycles. The number of rotatable bonds is 3. The fourth-order valence-electron chi connectivity index (χ4n) is 5.42. The Morgan fingerprint density at radius 3 is 2.41 bits per heavy atom. The van der Waals surface area contributed by atoms with Crippen molar-refractivity contribution in [3.05, 3.63) is 70.3 Å². The molecule has 2 aromatic carbocycles. The number of hydrogen-bond acceptors (Lipinski definition) is 3. The highest BCUT2D eigenvalue weighted by Gasteiger charge is 2.41. The fourth-order valence-corrected chi connectivity index (χ4v) is 5.42. The van der Waals surface area contributed by atoms with Gasteiger partial charge in [0.25, 0.3) is 5.91 Å². The van der Waals surface area contributed by atoms with Crippen molar-refractivity contribution in [2.45, 2.75) is 57.3 Å². The van der Waals surface area contributed by atoms with E-state index >= 15 is 0 Å². The van der Waals surface area contributed by atoms with Crippen LogP contribution in [-0.4, -0.2) is 23.8 Å². The van der Waals surface area contributed by atoms with E-state index in [0.29, 0.717) is 17.7 Å². The van der Waals surface area contributed by atoms with E-state index in [0.717, 1.165) is 42.9 Å². The van der Waals surface area contributed by atoms with Gasteiger partial charge in [0.05, 0.1) is 16.8 Å². The average Bonchev–Trinajstić information content (AvgIpc) is 3.34. The lowest BCUT2D eigenvalue weighted by atomic mass is 9.87. The van der Waals surface area contributed by atoms with Gasteiger partial charge in [0.15, 0.2) is 5.78 Å². The average molecular weight is 440 g/mol. The Labute approximate surface area is 184 Å². The molecular formula is C25H23F3N2O2. The van der Waals surface area contributed by atoms with Gasteiger partial charge in [0, 0.05) is 23.3 Å². The molecule has 2 aliphatic heterocycles. The minimum Gasteiger partial charge on any atom is -0.366 e. The molecule has 0 saturated carbocycles. The predicted molar refractivity (Wildman–Crippen MR) is 116 cm³/mol. The standard InChI is InChI=1S/C25H23F3N2O2/c1-14-3-2-4-15-5-11-19(23(31)22(14)15)24(32)29-21-12-10-18(13-20(21)25(26,27)28)30-16-6-7-17(30)9-8-16/h2-4,10-13,16-17H,5-9H2,1H3,(H,29,32). The maximum absolute atomic E-state index is 13.9. The second kappa shape index (κ2) is 7.50.